The number of rotatable bonds is 2. The molecule has 0 bridgehead atoms. The maximum atomic E-state index is 2.56. The summed E-state index contributed by atoms with van der Waals surface area (Å²) in [5.74, 6) is 0. The Morgan fingerprint density at radius 3 is 1.14 bits per heavy atom. The first kappa shape index (κ1) is 15.3. The van der Waals surface area contributed by atoms with Gasteiger partial charge in [-0.2, -0.15) is 0 Å². The number of allylic oxidation sites excluding steroid dienone is 2. The minimum absolute atomic E-state index is 1.42. The minimum Gasteiger partial charge on any atom is -0.0671 e. The van der Waals surface area contributed by atoms with Crippen molar-refractivity contribution >= 4 is 25.6 Å². The zero-order chi connectivity index (χ0) is 15.8. The summed E-state index contributed by atoms with van der Waals surface area (Å²) in [4.78, 5) is 0. The fourth-order valence-electron chi connectivity index (χ4n) is 3.41. The standard InChI is InChI=1S/C20H24Si2/c1-21(2)19(17-11-7-5-8-12-17)15-16-20(22(21,3)4)18-13-9-6-10-14-18/h5-16H,1-4H3. The number of benzene rings is 2. The predicted octanol–water partition coefficient (Wildman–Crippen LogP) is 5.74. The molecule has 3 rings (SSSR count). The molecule has 0 nitrogen and oxygen atoms in total. The van der Waals surface area contributed by atoms with E-state index in [-0.39, 0.29) is 0 Å². The van der Waals surface area contributed by atoms with Crippen LogP contribution in [-0.2, 0) is 0 Å². The Balaban J connectivity index is 2.16. The Morgan fingerprint density at radius 1 is 0.500 bits per heavy atom. The summed E-state index contributed by atoms with van der Waals surface area (Å²) in [7, 11) is -3.01. The van der Waals surface area contributed by atoms with Crippen LogP contribution < -0.4 is 0 Å². The normalized spacial score (nSPS) is 19.3. The quantitative estimate of drug-likeness (QED) is 0.619. The van der Waals surface area contributed by atoms with Crippen molar-refractivity contribution in [2.75, 3.05) is 0 Å². The highest BCUT2D eigenvalue weighted by Gasteiger charge is 2.48. The van der Waals surface area contributed by atoms with E-state index in [1.807, 2.05) is 0 Å². The molecule has 0 aromatic heterocycles. The Morgan fingerprint density at radius 2 is 0.818 bits per heavy atom. The van der Waals surface area contributed by atoms with Crippen LogP contribution in [0.2, 0.25) is 26.2 Å². The number of hydrogen-bond donors (Lipinski definition) is 0. The van der Waals surface area contributed by atoms with E-state index in [1.165, 1.54) is 11.1 Å². The molecule has 2 aromatic rings. The van der Waals surface area contributed by atoms with Crippen LogP contribution in [0.3, 0.4) is 0 Å². The summed E-state index contributed by atoms with van der Waals surface area (Å²) in [6.45, 7) is 10.3. The van der Waals surface area contributed by atoms with Crippen molar-refractivity contribution in [1.82, 2.24) is 0 Å². The molecular formula is C20H24Si2. The lowest BCUT2D eigenvalue weighted by atomic mass is 10.2. The lowest BCUT2D eigenvalue weighted by molar-refractivity contribution is 1.59. The van der Waals surface area contributed by atoms with Gasteiger partial charge in [-0.05, 0) is 11.1 Å². The second kappa shape index (κ2) is 5.52. The van der Waals surface area contributed by atoms with Gasteiger partial charge in [-0.25, -0.2) is 0 Å². The molecule has 2 heteroatoms. The van der Waals surface area contributed by atoms with Crippen LogP contribution in [0.25, 0.3) is 10.4 Å². The molecule has 1 heterocycles. The van der Waals surface area contributed by atoms with Crippen molar-refractivity contribution in [3.63, 3.8) is 0 Å². The highest BCUT2D eigenvalue weighted by Crippen LogP contribution is 2.43. The maximum Gasteiger partial charge on any atom is 0.0799 e. The van der Waals surface area contributed by atoms with E-state index < -0.39 is 15.2 Å². The molecule has 1 aliphatic heterocycles. The topological polar surface area (TPSA) is 0 Å². The summed E-state index contributed by atoms with van der Waals surface area (Å²) in [6.07, 6.45) is 4.81. The predicted molar refractivity (Wildman–Crippen MR) is 104 cm³/mol. The largest absolute Gasteiger partial charge is 0.0799 e. The van der Waals surface area contributed by atoms with Crippen LogP contribution in [0.5, 0.6) is 0 Å². The third kappa shape index (κ3) is 2.36. The van der Waals surface area contributed by atoms with Crippen molar-refractivity contribution in [2.45, 2.75) is 26.2 Å². The zero-order valence-electron chi connectivity index (χ0n) is 13.9. The van der Waals surface area contributed by atoms with Gasteiger partial charge in [-0.15, -0.1) is 0 Å². The van der Waals surface area contributed by atoms with E-state index in [2.05, 4.69) is 99.0 Å². The first-order valence-corrected chi connectivity index (χ1v) is 15.0. The van der Waals surface area contributed by atoms with E-state index in [0.717, 1.165) is 0 Å². The summed E-state index contributed by atoms with van der Waals surface area (Å²) < 4.78 is 0. The molecule has 22 heavy (non-hydrogen) atoms. The van der Waals surface area contributed by atoms with Gasteiger partial charge in [0, 0.05) is 0 Å². The molecule has 0 atom stereocenters. The third-order valence-corrected chi connectivity index (χ3v) is 23.2. The first-order valence-electron chi connectivity index (χ1n) is 7.98. The molecule has 112 valence electrons. The van der Waals surface area contributed by atoms with Crippen molar-refractivity contribution in [3.05, 3.63) is 83.9 Å². The van der Waals surface area contributed by atoms with Gasteiger partial charge in [0.1, 0.15) is 0 Å². The summed E-state index contributed by atoms with van der Waals surface area (Å²) in [5, 5.41) is 3.23. The van der Waals surface area contributed by atoms with Gasteiger partial charge in [0.25, 0.3) is 0 Å². The lowest BCUT2D eigenvalue weighted by Crippen LogP contribution is -2.57. The average Bonchev–Trinajstić information content (AvgIpc) is 2.51. The molecule has 0 N–H and O–H groups in total. The molecule has 2 aromatic carbocycles. The first-order chi connectivity index (χ1) is 10.4. The number of hydrogen-bond acceptors (Lipinski definition) is 0. The van der Waals surface area contributed by atoms with Crippen LogP contribution in [0, 0.1) is 0 Å². The van der Waals surface area contributed by atoms with E-state index in [4.69, 9.17) is 0 Å². The molecule has 0 aliphatic carbocycles. The van der Waals surface area contributed by atoms with Gasteiger partial charge in [-0.3, -0.25) is 0 Å². The van der Waals surface area contributed by atoms with Crippen molar-refractivity contribution in [1.29, 1.82) is 0 Å². The summed E-state index contributed by atoms with van der Waals surface area (Å²) >= 11 is 0. The van der Waals surface area contributed by atoms with Crippen molar-refractivity contribution < 1.29 is 0 Å². The second-order valence-corrected chi connectivity index (χ2v) is 22.2. The minimum atomic E-state index is -1.50. The van der Waals surface area contributed by atoms with E-state index in [0.29, 0.717) is 0 Å². The van der Waals surface area contributed by atoms with Crippen LogP contribution in [0.4, 0.5) is 0 Å². The molecule has 1 aliphatic rings. The van der Waals surface area contributed by atoms with Gasteiger partial charge in [0.15, 0.2) is 0 Å². The molecule has 0 radical (unpaired) electrons. The van der Waals surface area contributed by atoms with Gasteiger partial charge in [-0.1, -0.05) is 109 Å². The van der Waals surface area contributed by atoms with Crippen molar-refractivity contribution in [2.24, 2.45) is 0 Å². The molecule has 0 fully saturated rings. The fraction of sp³-hybridized carbons (Fsp3) is 0.200. The lowest BCUT2D eigenvalue weighted by Gasteiger charge is -2.44. The van der Waals surface area contributed by atoms with E-state index >= 15 is 0 Å². The molecule has 0 saturated carbocycles. The summed E-state index contributed by atoms with van der Waals surface area (Å²) in [5.41, 5.74) is 2.84. The van der Waals surface area contributed by atoms with Crippen LogP contribution in [-0.4, -0.2) is 15.2 Å². The Hall–Kier alpha value is -1.65. The van der Waals surface area contributed by atoms with Crippen LogP contribution in [0.15, 0.2) is 72.8 Å². The van der Waals surface area contributed by atoms with Crippen LogP contribution in [0.1, 0.15) is 11.1 Å². The third-order valence-electron chi connectivity index (χ3n) is 5.50. The van der Waals surface area contributed by atoms with Crippen molar-refractivity contribution in [3.8, 4) is 0 Å². The molecule has 0 unspecified atom stereocenters. The van der Waals surface area contributed by atoms with Gasteiger partial charge < -0.3 is 0 Å². The monoisotopic (exact) mass is 320 g/mol. The Labute approximate surface area is 136 Å². The second-order valence-electron chi connectivity index (χ2n) is 7.14. The van der Waals surface area contributed by atoms with Crippen LogP contribution >= 0.6 is 0 Å². The van der Waals surface area contributed by atoms with Gasteiger partial charge >= 0.3 is 0 Å². The van der Waals surface area contributed by atoms with E-state index in [9.17, 15) is 0 Å². The molecular weight excluding hydrogens is 296 g/mol. The molecule has 0 saturated heterocycles. The molecule has 0 amide bonds. The van der Waals surface area contributed by atoms with Gasteiger partial charge in [0.05, 0.1) is 15.2 Å². The fourth-order valence-corrected chi connectivity index (χ4v) is 12.9. The maximum absolute atomic E-state index is 2.56. The van der Waals surface area contributed by atoms with E-state index in [1.54, 1.807) is 10.4 Å². The SMILES string of the molecule is C[Si]1(C)C(c2ccccc2)=CC=C(c2ccccc2)[Si]1(C)C. The average molecular weight is 321 g/mol. The zero-order valence-corrected chi connectivity index (χ0v) is 15.9. The van der Waals surface area contributed by atoms with Gasteiger partial charge in [0.2, 0.25) is 0 Å². The highest BCUT2D eigenvalue weighted by atomic mass is 29.3. The summed E-state index contributed by atoms with van der Waals surface area (Å²) in [6, 6.07) is 21.9. The molecule has 0 spiro atoms. The Kier molecular flexibility index (Phi) is 3.83. The smallest absolute Gasteiger partial charge is 0.0671 e. The highest BCUT2D eigenvalue weighted by molar-refractivity contribution is 7.53. The Bertz CT molecular complexity index is 657.